The zero-order valence-electron chi connectivity index (χ0n) is 16.1. The van der Waals surface area contributed by atoms with Crippen LogP contribution in [0.2, 0.25) is 0 Å². The maximum Gasteiger partial charge on any atom is 0.387 e. The fraction of sp³-hybridized carbons (Fsp3) is 0.500. The van der Waals surface area contributed by atoms with Gasteiger partial charge >= 0.3 is 6.61 Å². The molecule has 29 heavy (non-hydrogen) atoms. The summed E-state index contributed by atoms with van der Waals surface area (Å²) >= 11 is 0. The van der Waals surface area contributed by atoms with Crippen LogP contribution in [-0.4, -0.2) is 56.4 Å². The van der Waals surface area contributed by atoms with Crippen molar-refractivity contribution >= 4 is 11.6 Å². The van der Waals surface area contributed by atoms with Crippen LogP contribution in [0.5, 0.6) is 5.75 Å². The Morgan fingerprint density at radius 2 is 1.97 bits per heavy atom. The lowest BCUT2D eigenvalue weighted by atomic mass is 10.1. The van der Waals surface area contributed by atoms with Crippen molar-refractivity contribution in [3.63, 3.8) is 0 Å². The number of nitrogens with zero attached hydrogens (tertiary/aromatic N) is 2. The number of amides is 1. The predicted molar refractivity (Wildman–Crippen MR) is 98.6 cm³/mol. The average Bonchev–Trinajstić information content (AvgIpc) is 2.87. The highest BCUT2D eigenvalue weighted by Crippen LogP contribution is 2.32. The van der Waals surface area contributed by atoms with E-state index in [1.165, 1.54) is 12.1 Å². The third-order valence-electron chi connectivity index (χ3n) is 4.86. The first kappa shape index (κ1) is 20.0. The topological polar surface area (TPSA) is 87.3 Å². The van der Waals surface area contributed by atoms with Crippen LogP contribution in [0.15, 0.2) is 23.9 Å². The first-order chi connectivity index (χ1) is 13.9. The van der Waals surface area contributed by atoms with Crippen molar-refractivity contribution in [1.29, 1.82) is 0 Å². The molecule has 2 atom stereocenters. The van der Waals surface area contributed by atoms with Crippen molar-refractivity contribution in [3.05, 3.63) is 35.0 Å². The Morgan fingerprint density at radius 3 is 2.69 bits per heavy atom. The summed E-state index contributed by atoms with van der Waals surface area (Å²) in [4.78, 5) is 18.3. The fourth-order valence-electron chi connectivity index (χ4n) is 3.67. The summed E-state index contributed by atoms with van der Waals surface area (Å²) in [6.45, 7) is 2.64. The lowest BCUT2D eigenvalue weighted by molar-refractivity contribution is -0.196. The van der Waals surface area contributed by atoms with Gasteiger partial charge in [0.2, 0.25) is 0 Å². The number of carbonyl (C=O) groups is 1. The van der Waals surface area contributed by atoms with Crippen molar-refractivity contribution < 1.29 is 27.9 Å². The third kappa shape index (κ3) is 4.19. The van der Waals surface area contributed by atoms with Crippen LogP contribution in [0.25, 0.3) is 0 Å². The number of hydrazine groups is 1. The van der Waals surface area contributed by atoms with E-state index in [0.29, 0.717) is 31.9 Å². The number of aryl methyl sites for hydroxylation is 2. The van der Waals surface area contributed by atoms with E-state index in [2.05, 4.69) is 20.8 Å². The average molecular weight is 411 g/mol. The van der Waals surface area contributed by atoms with Crippen molar-refractivity contribution in [3.8, 4) is 5.75 Å². The minimum absolute atomic E-state index is 0.0967. The largest absolute Gasteiger partial charge is 0.435 e. The smallest absolute Gasteiger partial charge is 0.387 e. The standard InChI is InChI=1S/C18H23F2N5O4/c1-10-7-12(29-17(19)20)8-11(2)14(10)24-9-13-15(23-24)21-18(22-16(13)26)25-3-4-27-5-6-28-25/h7-9,15,17-18,21,23H,3-6H2,1-2H3,(H,22,26). The minimum atomic E-state index is -2.88. The van der Waals surface area contributed by atoms with Gasteiger partial charge in [-0.15, -0.1) is 0 Å². The zero-order chi connectivity index (χ0) is 20.5. The predicted octanol–water partition coefficient (Wildman–Crippen LogP) is 0.706. The molecule has 158 valence electrons. The van der Waals surface area contributed by atoms with Gasteiger partial charge in [0.05, 0.1) is 37.6 Å². The first-order valence-corrected chi connectivity index (χ1v) is 9.30. The number of hydrogen-bond donors (Lipinski definition) is 3. The molecule has 4 rings (SSSR count). The van der Waals surface area contributed by atoms with E-state index in [0.717, 1.165) is 16.8 Å². The minimum Gasteiger partial charge on any atom is -0.435 e. The molecule has 9 nitrogen and oxygen atoms in total. The van der Waals surface area contributed by atoms with Crippen molar-refractivity contribution in [2.75, 3.05) is 31.4 Å². The zero-order valence-corrected chi connectivity index (χ0v) is 16.1. The van der Waals surface area contributed by atoms with E-state index < -0.39 is 19.1 Å². The van der Waals surface area contributed by atoms with Gasteiger partial charge < -0.3 is 14.8 Å². The Hall–Kier alpha value is -2.31. The van der Waals surface area contributed by atoms with Gasteiger partial charge in [0, 0.05) is 6.20 Å². The Balaban J connectivity index is 1.51. The summed E-state index contributed by atoms with van der Waals surface area (Å²) in [6.07, 6.45) is 0.749. The maximum atomic E-state index is 12.6. The number of nitrogens with one attached hydrogen (secondary N) is 3. The third-order valence-corrected chi connectivity index (χ3v) is 4.86. The summed E-state index contributed by atoms with van der Waals surface area (Å²) < 4.78 is 34.9. The van der Waals surface area contributed by atoms with Crippen LogP contribution >= 0.6 is 0 Å². The van der Waals surface area contributed by atoms with Crippen LogP contribution in [-0.2, 0) is 14.4 Å². The van der Waals surface area contributed by atoms with E-state index >= 15 is 0 Å². The highest BCUT2D eigenvalue weighted by Gasteiger charge is 2.39. The molecule has 2 saturated heterocycles. The van der Waals surface area contributed by atoms with E-state index in [9.17, 15) is 13.6 Å². The molecule has 11 heteroatoms. The lowest BCUT2D eigenvalue weighted by Crippen LogP contribution is -2.67. The normalized spacial score (nSPS) is 25.5. The van der Waals surface area contributed by atoms with Gasteiger partial charge in [0.1, 0.15) is 11.9 Å². The number of carbonyl (C=O) groups excluding carboxylic acids is 1. The van der Waals surface area contributed by atoms with Crippen molar-refractivity contribution in [2.45, 2.75) is 32.9 Å². The Labute approximate surface area is 166 Å². The van der Waals surface area contributed by atoms with Crippen LogP contribution in [0.3, 0.4) is 0 Å². The molecule has 3 aliphatic rings. The molecule has 0 bridgehead atoms. The van der Waals surface area contributed by atoms with Crippen LogP contribution in [0, 0.1) is 13.8 Å². The van der Waals surface area contributed by atoms with Gasteiger partial charge in [-0.1, -0.05) is 0 Å². The molecule has 2 fully saturated rings. The SMILES string of the molecule is Cc1cc(OC(F)F)cc(C)c1N1C=C2C(=O)NC(N3CCOCCO3)NC2N1. The van der Waals surface area contributed by atoms with Crippen molar-refractivity contribution in [2.24, 2.45) is 0 Å². The summed E-state index contributed by atoms with van der Waals surface area (Å²) in [6, 6.07) is 3.08. The highest BCUT2D eigenvalue weighted by atomic mass is 19.3. The number of fused-ring (bicyclic) bond motifs is 1. The second-order valence-electron chi connectivity index (χ2n) is 6.93. The number of benzene rings is 1. The molecule has 0 radical (unpaired) electrons. The fourth-order valence-corrected chi connectivity index (χ4v) is 3.67. The molecule has 3 heterocycles. The Morgan fingerprint density at radius 1 is 1.21 bits per heavy atom. The summed E-state index contributed by atoms with van der Waals surface area (Å²) in [5.74, 6) is -0.130. The molecule has 0 saturated carbocycles. The Kier molecular flexibility index (Phi) is 5.65. The molecule has 3 aliphatic heterocycles. The molecule has 1 aromatic rings. The molecular formula is C18H23F2N5O4. The van der Waals surface area contributed by atoms with Gasteiger partial charge in [-0.25, -0.2) is 5.43 Å². The van der Waals surface area contributed by atoms with E-state index in [-0.39, 0.29) is 11.7 Å². The van der Waals surface area contributed by atoms with Gasteiger partial charge in [-0.2, -0.15) is 13.8 Å². The molecular weight excluding hydrogens is 388 g/mol. The van der Waals surface area contributed by atoms with Gasteiger partial charge in [-0.3, -0.25) is 20.0 Å². The van der Waals surface area contributed by atoms with Crippen molar-refractivity contribution in [1.82, 2.24) is 21.1 Å². The molecule has 2 unspecified atom stereocenters. The summed E-state index contributed by atoms with van der Waals surface area (Å²) in [7, 11) is 0. The summed E-state index contributed by atoms with van der Waals surface area (Å²) in [5.41, 5.74) is 5.97. The van der Waals surface area contributed by atoms with E-state index in [1.807, 2.05) is 0 Å². The highest BCUT2D eigenvalue weighted by molar-refractivity contribution is 5.96. The van der Waals surface area contributed by atoms with Gasteiger partial charge in [0.15, 0.2) is 6.29 Å². The number of alkyl halides is 2. The molecule has 3 N–H and O–H groups in total. The lowest BCUT2D eigenvalue weighted by Gasteiger charge is -2.36. The van der Waals surface area contributed by atoms with Crippen LogP contribution in [0.4, 0.5) is 14.5 Å². The summed E-state index contributed by atoms with van der Waals surface area (Å²) in [5, 5.41) is 9.53. The number of ether oxygens (including phenoxy) is 2. The molecule has 0 spiro atoms. The van der Waals surface area contributed by atoms with E-state index in [4.69, 9.17) is 9.57 Å². The number of halogens is 2. The van der Waals surface area contributed by atoms with E-state index in [1.54, 1.807) is 30.1 Å². The number of anilines is 1. The molecule has 1 amide bonds. The quantitative estimate of drug-likeness (QED) is 0.668. The van der Waals surface area contributed by atoms with Gasteiger partial charge in [0.25, 0.3) is 5.91 Å². The van der Waals surface area contributed by atoms with Crippen LogP contribution < -0.4 is 25.8 Å². The number of rotatable bonds is 4. The van der Waals surface area contributed by atoms with Gasteiger partial charge in [-0.05, 0) is 37.1 Å². The number of hydrogen-bond acceptors (Lipinski definition) is 8. The second kappa shape index (κ2) is 8.20. The molecule has 0 aromatic heterocycles. The monoisotopic (exact) mass is 411 g/mol. The first-order valence-electron chi connectivity index (χ1n) is 9.30. The molecule has 1 aromatic carbocycles. The van der Waals surface area contributed by atoms with Crippen LogP contribution in [0.1, 0.15) is 11.1 Å². The second-order valence-corrected chi connectivity index (χ2v) is 6.93. The number of hydroxylamine groups is 2. The Bertz CT molecular complexity index is 790. The maximum absolute atomic E-state index is 12.6. The molecule has 0 aliphatic carbocycles.